The lowest BCUT2D eigenvalue weighted by molar-refractivity contribution is 0.0636. The van der Waals surface area contributed by atoms with Gasteiger partial charge >= 0.3 is 6.09 Å². The van der Waals surface area contributed by atoms with E-state index in [0.717, 1.165) is 21.6 Å². The predicted octanol–water partition coefficient (Wildman–Crippen LogP) is 4.52. The van der Waals surface area contributed by atoms with Gasteiger partial charge in [-0.05, 0) is 73.2 Å². The summed E-state index contributed by atoms with van der Waals surface area (Å²) < 4.78 is 11.6. The fourth-order valence-corrected chi connectivity index (χ4v) is 2.37. The zero-order valence-corrected chi connectivity index (χ0v) is 15.6. The monoisotopic (exact) mass is 428 g/mol. The molecule has 124 valence electrons. The molecule has 1 aromatic carbocycles. The lowest BCUT2D eigenvalue weighted by Crippen LogP contribution is -2.27. The molecule has 23 heavy (non-hydrogen) atoms. The van der Waals surface area contributed by atoms with Gasteiger partial charge in [0.2, 0.25) is 0 Å². The number of carbonyl (C=O) groups excluding carboxylic acids is 1. The Hall–Kier alpha value is -1.54. The number of ether oxygens (including phenoxy) is 1. The van der Waals surface area contributed by atoms with Crippen molar-refractivity contribution in [3.05, 3.63) is 51.5 Å². The molecular formula is C17H21IN2O3. The van der Waals surface area contributed by atoms with Gasteiger partial charge < -0.3 is 14.5 Å². The first kappa shape index (κ1) is 17.8. The van der Waals surface area contributed by atoms with E-state index < -0.39 is 11.7 Å². The van der Waals surface area contributed by atoms with Crippen molar-refractivity contribution >= 4 is 34.4 Å². The normalized spacial score (nSPS) is 11.3. The number of hydrogen-bond acceptors (Lipinski definition) is 4. The number of rotatable bonds is 5. The van der Waals surface area contributed by atoms with Crippen molar-refractivity contribution in [2.75, 3.05) is 5.32 Å². The van der Waals surface area contributed by atoms with Crippen LogP contribution in [-0.2, 0) is 17.8 Å². The van der Waals surface area contributed by atoms with E-state index >= 15 is 0 Å². The van der Waals surface area contributed by atoms with E-state index in [2.05, 4.69) is 33.2 Å². The highest BCUT2D eigenvalue weighted by atomic mass is 127. The Morgan fingerprint density at radius 1 is 1.13 bits per heavy atom. The molecule has 1 aromatic heterocycles. The fraction of sp³-hybridized carbons (Fsp3) is 0.353. The molecule has 0 saturated carbocycles. The molecule has 0 spiro atoms. The van der Waals surface area contributed by atoms with Crippen molar-refractivity contribution < 1.29 is 13.9 Å². The van der Waals surface area contributed by atoms with E-state index in [9.17, 15) is 4.79 Å². The summed E-state index contributed by atoms with van der Waals surface area (Å²) in [4.78, 5) is 11.7. The molecular weight excluding hydrogens is 407 g/mol. The van der Waals surface area contributed by atoms with Crippen LogP contribution in [-0.4, -0.2) is 11.7 Å². The van der Waals surface area contributed by atoms with Crippen molar-refractivity contribution in [3.63, 3.8) is 0 Å². The smallest absolute Gasteiger partial charge is 0.412 e. The first-order chi connectivity index (χ1) is 10.8. The molecule has 0 radical (unpaired) electrons. The molecule has 6 heteroatoms. The summed E-state index contributed by atoms with van der Waals surface area (Å²) in [5, 5.41) is 6.03. The number of carbonyl (C=O) groups is 1. The van der Waals surface area contributed by atoms with Gasteiger partial charge in [-0.1, -0.05) is 12.1 Å². The average Bonchev–Trinajstić information content (AvgIpc) is 2.84. The molecule has 0 fully saturated rings. The minimum absolute atomic E-state index is 0.448. The fourth-order valence-electron chi connectivity index (χ4n) is 1.90. The van der Waals surface area contributed by atoms with Crippen molar-refractivity contribution in [1.82, 2.24) is 5.32 Å². The van der Waals surface area contributed by atoms with Gasteiger partial charge in [0.1, 0.15) is 11.4 Å². The van der Waals surface area contributed by atoms with Gasteiger partial charge in [0.05, 0.1) is 6.54 Å². The molecule has 0 unspecified atom stereocenters. The molecule has 1 heterocycles. The summed E-state index contributed by atoms with van der Waals surface area (Å²) in [5.74, 6) is 0.914. The molecule has 0 aliphatic heterocycles. The van der Waals surface area contributed by atoms with Crippen LogP contribution in [0.15, 0.2) is 40.8 Å². The van der Waals surface area contributed by atoms with E-state index in [0.29, 0.717) is 12.2 Å². The largest absolute Gasteiger partial charge is 0.454 e. The van der Waals surface area contributed by atoms with E-state index in [-0.39, 0.29) is 0 Å². The predicted molar refractivity (Wildman–Crippen MR) is 98.3 cm³/mol. The van der Waals surface area contributed by atoms with Crippen LogP contribution in [0.25, 0.3) is 0 Å². The zero-order valence-electron chi connectivity index (χ0n) is 13.5. The Morgan fingerprint density at radius 2 is 1.83 bits per heavy atom. The van der Waals surface area contributed by atoms with Crippen LogP contribution < -0.4 is 10.6 Å². The van der Waals surface area contributed by atoms with Crippen LogP contribution in [0.5, 0.6) is 0 Å². The van der Waals surface area contributed by atoms with Gasteiger partial charge in [-0.2, -0.15) is 0 Å². The summed E-state index contributed by atoms with van der Waals surface area (Å²) in [7, 11) is 0. The molecule has 0 aliphatic rings. The van der Waals surface area contributed by atoms with Crippen molar-refractivity contribution in [1.29, 1.82) is 0 Å². The summed E-state index contributed by atoms with van der Waals surface area (Å²) in [5.41, 5.74) is 1.34. The van der Waals surface area contributed by atoms with Crippen LogP contribution in [0, 0.1) is 3.77 Å². The lowest BCUT2D eigenvalue weighted by atomic mass is 10.2. The first-order valence-corrected chi connectivity index (χ1v) is 8.43. The van der Waals surface area contributed by atoms with Gasteiger partial charge in [-0.15, -0.1) is 0 Å². The van der Waals surface area contributed by atoms with Gasteiger partial charge in [0.25, 0.3) is 0 Å². The molecule has 0 saturated heterocycles. The highest BCUT2D eigenvalue weighted by Gasteiger charge is 2.15. The standard InChI is InChI=1S/C17H21IN2O3/c1-17(2,3)23-16(21)20-13-6-4-12(5-7-13)10-19-11-14-8-9-15(18)22-14/h4-9,19H,10-11H2,1-3H3,(H,20,21). The third-order valence-electron chi connectivity index (χ3n) is 2.86. The number of anilines is 1. The summed E-state index contributed by atoms with van der Waals surface area (Å²) in [6, 6.07) is 11.5. The zero-order chi connectivity index (χ0) is 16.9. The maximum atomic E-state index is 11.7. The Balaban J connectivity index is 1.79. The number of amides is 1. The molecule has 2 rings (SSSR count). The second kappa shape index (κ2) is 7.83. The maximum Gasteiger partial charge on any atom is 0.412 e. The highest BCUT2D eigenvalue weighted by Crippen LogP contribution is 2.13. The molecule has 0 atom stereocenters. The molecule has 5 nitrogen and oxygen atoms in total. The quantitative estimate of drug-likeness (QED) is 0.688. The molecule has 2 N–H and O–H groups in total. The first-order valence-electron chi connectivity index (χ1n) is 7.36. The van der Waals surface area contributed by atoms with E-state index in [1.807, 2.05) is 57.2 Å². The second-order valence-corrected chi connectivity index (χ2v) is 7.20. The van der Waals surface area contributed by atoms with Crippen molar-refractivity contribution in [2.45, 2.75) is 39.5 Å². The minimum atomic E-state index is -0.502. The summed E-state index contributed by atoms with van der Waals surface area (Å²) in [6.07, 6.45) is -0.448. The Labute approximate surface area is 149 Å². The molecule has 0 aliphatic carbocycles. The molecule has 0 bridgehead atoms. The average molecular weight is 428 g/mol. The Morgan fingerprint density at radius 3 is 2.39 bits per heavy atom. The van der Waals surface area contributed by atoms with Gasteiger partial charge in [0.15, 0.2) is 3.77 Å². The van der Waals surface area contributed by atoms with Crippen LogP contribution in [0.2, 0.25) is 0 Å². The van der Waals surface area contributed by atoms with Crippen LogP contribution in [0.3, 0.4) is 0 Å². The maximum absolute atomic E-state index is 11.7. The number of halogens is 1. The Kier molecular flexibility index (Phi) is 6.06. The van der Waals surface area contributed by atoms with Crippen LogP contribution in [0.4, 0.5) is 10.5 Å². The molecule has 1 amide bonds. The van der Waals surface area contributed by atoms with E-state index in [1.54, 1.807) is 0 Å². The Bertz CT molecular complexity index is 645. The van der Waals surface area contributed by atoms with E-state index in [4.69, 9.17) is 9.15 Å². The van der Waals surface area contributed by atoms with Gasteiger partial charge in [0, 0.05) is 12.2 Å². The number of nitrogens with one attached hydrogen (secondary N) is 2. The number of furan rings is 1. The SMILES string of the molecule is CC(C)(C)OC(=O)Nc1ccc(CNCc2ccc(I)o2)cc1. The number of hydrogen-bond donors (Lipinski definition) is 2. The third kappa shape index (κ3) is 6.62. The third-order valence-corrected chi connectivity index (χ3v) is 3.44. The van der Waals surface area contributed by atoms with Gasteiger partial charge in [-0.25, -0.2) is 4.79 Å². The van der Waals surface area contributed by atoms with Crippen LogP contribution >= 0.6 is 22.6 Å². The second-order valence-electron chi connectivity index (χ2n) is 6.13. The minimum Gasteiger partial charge on any atom is -0.454 e. The van der Waals surface area contributed by atoms with E-state index in [1.165, 1.54) is 0 Å². The summed E-state index contributed by atoms with van der Waals surface area (Å²) in [6.45, 7) is 6.91. The topological polar surface area (TPSA) is 63.5 Å². The lowest BCUT2D eigenvalue weighted by Gasteiger charge is -2.19. The van der Waals surface area contributed by atoms with Crippen molar-refractivity contribution in [2.24, 2.45) is 0 Å². The van der Waals surface area contributed by atoms with Crippen molar-refractivity contribution in [3.8, 4) is 0 Å². The van der Waals surface area contributed by atoms with Crippen LogP contribution in [0.1, 0.15) is 32.1 Å². The summed E-state index contributed by atoms with van der Waals surface area (Å²) >= 11 is 2.15. The number of benzene rings is 1. The highest BCUT2D eigenvalue weighted by molar-refractivity contribution is 14.1. The van der Waals surface area contributed by atoms with Gasteiger partial charge in [-0.3, -0.25) is 5.32 Å². The molecule has 2 aromatic rings.